The first-order valence-electron chi connectivity index (χ1n) is 11.6. The summed E-state index contributed by atoms with van der Waals surface area (Å²) >= 11 is 0. The van der Waals surface area contributed by atoms with E-state index in [1.165, 1.54) is 6.07 Å². The second-order valence-corrected chi connectivity index (χ2v) is 8.72. The molecule has 7 nitrogen and oxygen atoms in total. The predicted octanol–water partition coefficient (Wildman–Crippen LogP) is 3.82. The van der Waals surface area contributed by atoms with Crippen molar-refractivity contribution in [2.24, 2.45) is 0 Å². The summed E-state index contributed by atoms with van der Waals surface area (Å²) in [6.07, 6.45) is 4.84. The van der Waals surface area contributed by atoms with Gasteiger partial charge in [0.25, 0.3) is 0 Å². The molecule has 34 heavy (non-hydrogen) atoms. The van der Waals surface area contributed by atoms with Crippen molar-refractivity contribution in [1.29, 1.82) is 0 Å². The van der Waals surface area contributed by atoms with Crippen LogP contribution in [0.4, 0.5) is 4.39 Å². The standard InChI is InChI=1S/C26H32FN3O4/c1-20-28-11-14-30(20)15-16-33-25-17-21(7-8-24(25)32-2)18-29-12-9-26(31,10-13-29)19-34-23-6-4-3-5-22(23)27/h3-8,11,14,17,31H,9-10,12-13,15-16,18-19H2,1-2H3. The van der Waals surface area contributed by atoms with Gasteiger partial charge < -0.3 is 23.9 Å². The van der Waals surface area contributed by atoms with Crippen LogP contribution in [0.3, 0.4) is 0 Å². The van der Waals surface area contributed by atoms with Crippen LogP contribution in [0, 0.1) is 12.7 Å². The van der Waals surface area contributed by atoms with E-state index in [4.69, 9.17) is 14.2 Å². The van der Waals surface area contributed by atoms with Gasteiger partial charge in [-0.25, -0.2) is 9.37 Å². The molecule has 1 aliphatic rings. The maximum atomic E-state index is 13.8. The molecule has 0 radical (unpaired) electrons. The van der Waals surface area contributed by atoms with Crippen molar-refractivity contribution < 1.29 is 23.7 Å². The molecular formula is C26H32FN3O4. The third-order valence-corrected chi connectivity index (χ3v) is 6.27. The van der Waals surface area contributed by atoms with Crippen LogP contribution in [0.1, 0.15) is 24.2 Å². The van der Waals surface area contributed by atoms with E-state index in [9.17, 15) is 9.50 Å². The third-order valence-electron chi connectivity index (χ3n) is 6.27. The average Bonchev–Trinajstić information content (AvgIpc) is 3.25. The summed E-state index contributed by atoms with van der Waals surface area (Å²) < 4.78 is 32.9. The number of likely N-dealkylation sites (tertiary alicyclic amines) is 1. The minimum absolute atomic E-state index is 0.0820. The highest BCUT2D eigenvalue weighted by Gasteiger charge is 2.33. The fourth-order valence-electron chi connectivity index (χ4n) is 4.13. The van der Waals surface area contributed by atoms with Gasteiger partial charge in [-0.05, 0) is 49.6 Å². The Bertz CT molecular complexity index is 1080. The van der Waals surface area contributed by atoms with Crippen LogP contribution in [-0.2, 0) is 13.1 Å². The Balaban J connectivity index is 1.29. The maximum absolute atomic E-state index is 13.8. The highest BCUT2D eigenvalue weighted by Crippen LogP contribution is 2.30. The zero-order chi connectivity index (χ0) is 24.0. The van der Waals surface area contributed by atoms with Gasteiger partial charge in [-0.2, -0.15) is 0 Å². The molecule has 4 rings (SSSR count). The van der Waals surface area contributed by atoms with E-state index < -0.39 is 11.4 Å². The van der Waals surface area contributed by atoms with Crippen LogP contribution in [0.25, 0.3) is 0 Å². The molecule has 0 saturated carbocycles. The Hall–Kier alpha value is -3.10. The first-order valence-corrected chi connectivity index (χ1v) is 11.6. The fraction of sp³-hybridized carbons (Fsp3) is 0.423. The van der Waals surface area contributed by atoms with Crippen LogP contribution in [0.5, 0.6) is 17.2 Å². The number of rotatable bonds is 10. The molecule has 1 saturated heterocycles. The van der Waals surface area contributed by atoms with Crippen molar-refractivity contribution >= 4 is 0 Å². The number of aryl methyl sites for hydroxylation is 1. The van der Waals surface area contributed by atoms with Gasteiger partial charge >= 0.3 is 0 Å². The van der Waals surface area contributed by atoms with E-state index in [1.807, 2.05) is 35.9 Å². The molecule has 0 bridgehead atoms. The van der Waals surface area contributed by atoms with E-state index in [2.05, 4.69) is 9.88 Å². The first kappa shape index (κ1) is 24.0. The van der Waals surface area contributed by atoms with E-state index in [-0.39, 0.29) is 12.4 Å². The van der Waals surface area contributed by atoms with Crippen molar-refractivity contribution in [3.63, 3.8) is 0 Å². The number of aliphatic hydroxyl groups is 1. The van der Waals surface area contributed by atoms with Crippen molar-refractivity contribution in [3.8, 4) is 17.2 Å². The summed E-state index contributed by atoms with van der Waals surface area (Å²) in [5.41, 5.74) is 0.154. The molecule has 1 aliphatic heterocycles. The van der Waals surface area contributed by atoms with Crippen molar-refractivity contribution in [2.75, 3.05) is 33.4 Å². The van der Waals surface area contributed by atoms with Gasteiger partial charge in [0.2, 0.25) is 0 Å². The smallest absolute Gasteiger partial charge is 0.165 e. The number of hydrogen-bond donors (Lipinski definition) is 1. The topological polar surface area (TPSA) is 69.0 Å². The van der Waals surface area contributed by atoms with Crippen LogP contribution in [0.15, 0.2) is 54.9 Å². The quantitative estimate of drug-likeness (QED) is 0.487. The molecule has 2 aromatic carbocycles. The maximum Gasteiger partial charge on any atom is 0.165 e. The Kier molecular flexibility index (Phi) is 7.70. The summed E-state index contributed by atoms with van der Waals surface area (Å²) in [6.45, 7) is 5.45. The molecule has 0 spiro atoms. The lowest BCUT2D eigenvalue weighted by Gasteiger charge is -2.38. The van der Waals surface area contributed by atoms with Gasteiger partial charge in [0.1, 0.15) is 24.6 Å². The largest absolute Gasteiger partial charge is 0.493 e. The Morgan fingerprint density at radius 1 is 1.06 bits per heavy atom. The van der Waals surface area contributed by atoms with E-state index in [0.717, 1.165) is 31.0 Å². The average molecular weight is 470 g/mol. The molecule has 0 aliphatic carbocycles. The summed E-state index contributed by atoms with van der Waals surface area (Å²) in [7, 11) is 1.64. The van der Waals surface area contributed by atoms with Crippen molar-refractivity contribution in [1.82, 2.24) is 14.5 Å². The van der Waals surface area contributed by atoms with Crippen LogP contribution >= 0.6 is 0 Å². The highest BCUT2D eigenvalue weighted by molar-refractivity contribution is 5.43. The minimum Gasteiger partial charge on any atom is -0.493 e. The lowest BCUT2D eigenvalue weighted by molar-refractivity contribution is -0.0543. The summed E-state index contributed by atoms with van der Waals surface area (Å²) in [5, 5.41) is 10.9. The number of piperidine rings is 1. The molecule has 1 fully saturated rings. The fourth-order valence-corrected chi connectivity index (χ4v) is 4.13. The van der Waals surface area contributed by atoms with Crippen molar-refractivity contribution in [2.45, 2.75) is 38.5 Å². The van der Waals surface area contributed by atoms with Gasteiger partial charge in [-0.15, -0.1) is 0 Å². The molecule has 8 heteroatoms. The van der Waals surface area contributed by atoms with Gasteiger partial charge in [0.15, 0.2) is 23.1 Å². The highest BCUT2D eigenvalue weighted by atomic mass is 19.1. The van der Waals surface area contributed by atoms with Crippen LogP contribution in [0.2, 0.25) is 0 Å². The van der Waals surface area contributed by atoms with E-state index in [1.54, 1.807) is 31.5 Å². The number of imidazole rings is 1. The zero-order valence-corrected chi connectivity index (χ0v) is 19.7. The zero-order valence-electron chi connectivity index (χ0n) is 19.7. The third kappa shape index (κ3) is 6.07. The number of halogens is 1. The number of nitrogens with zero attached hydrogens (tertiary/aromatic N) is 3. The number of hydrogen-bond acceptors (Lipinski definition) is 6. The molecule has 0 unspecified atom stereocenters. The van der Waals surface area contributed by atoms with Gasteiger partial charge in [0, 0.05) is 32.0 Å². The van der Waals surface area contributed by atoms with Crippen LogP contribution < -0.4 is 14.2 Å². The van der Waals surface area contributed by atoms with E-state index >= 15 is 0 Å². The Morgan fingerprint density at radius 3 is 2.56 bits per heavy atom. The number of benzene rings is 2. The molecular weight excluding hydrogens is 437 g/mol. The van der Waals surface area contributed by atoms with E-state index in [0.29, 0.717) is 37.5 Å². The molecule has 3 aromatic rings. The Morgan fingerprint density at radius 2 is 1.85 bits per heavy atom. The number of aromatic nitrogens is 2. The summed E-state index contributed by atoms with van der Waals surface area (Å²) in [6, 6.07) is 12.2. The summed E-state index contributed by atoms with van der Waals surface area (Å²) in [5.74, 6) is 2.12. The minimum atomic E-state index is -0.960. The van der Waals surface area contributed by atoms with Gasteiger partial charge in [-0.3, -0.25) is 4.90 Å². The molecule has 0 amide bonds. The molecule has 182 valence electrons. The second-order valence-electron chi connectivity index (χ2n) is 8.72. The lowest BCUT2D eigenvalue weighted by atomic mass is 9.92. The monoisotopic (exact) mass is 469 g/mol. The lowest BCUT2D eigenvalue weighted by Crippen LogP contribution is -2.47. The number of ether oxygens (including phenoxy) is 3. The predicted molar refractivity (Wildman–Crippen MR) is 127 cm³/mol. The SMILES string of the molecule is COc1ccc(CN2CCC(O)(COc3ccccc3F)CC2)cc1OCCn1ccnc1C. The van der Waals surface area contributed by atoms with Crippen LogP contribution in [-0.4, -0.2) is 58.6 Å². The molecule has 1 aromatic heterocycles. The van der Waals surface area contributed by atoms with Gasteiger partial charge in [0.05, 0.1) is 13.7 Å². The molecule has 1 N–H and O–H groups in total. The Labute approximate surface area is 199 Å². The summed E-state index contributed by atoms with van der Waals surface area (Å²) in [4.78, 5) is 6.52. The number of para-hydroxylation sites is 1. The first-order chi connectivity index (χ1) is 16.5. The van der Waals surface area contributed by atoms with Crippen molar-refractivity contribution in [3.05, 3.63) is 72.1 Å². The normalized spacial score (nSPS) is 15.8. The second kappa shape index (κ2) is 10.9. The number of methoxy groups -OCH3 is 1. The molecule has 2 heterocycles. The van der Waals surface area contributed by atoms with Gasteiger partial charge in [-0.1, -0.05) is 18.2 Å². The molecule has 0 atom stereocenters.